The van der Waals surface area contributed by atoms with Crippen LogP contribution in [0.1, 0.15) is 51.3 Å². The van der Waals surface area contributed by atoms with Crippen LogP contribution in [0.3, 0.4) is 0 Å². The number of hydrogen-bond acceptors (Lipinski definition) is 5. The summed E-state index contributed by atoms with van der Waals surface area (Å²) in [7, 11) is -3.29. The van der Waals surface area contributed by atoms with E-state index >= 15 is 0 Å². The van der Waals surface area contributed by atoms with Gasteiger partial charge >= 0.3 is 0 Å². The van der Waals surface area contributed by atoms with Gasteiger partial charge in [-0.1, -0.05) is 18.1 Å². The van der Waals surface area contributed by atoms with Gasteiger partial charge in [-0.15, -0.1) is 5.10 Å². The summed E-state index contributed by atoms with van der Waals surface area (Å²) >= 11 is 0. The number of rotatable bonds is 6. The molecule has 2 aliphatic rings. The van der Waals surface area contributed by atoms with Crippen molar-refractivity contribution in [2.24, 2.45) is 5.92 Å². The Bertz CT molecular complexity index is 638. The van der Waals surface area contributed by atoms with Crippen LogP contribution in [0.15, 0.2) is 6.20 Å². The quantitative estimate of drug-likeness (QED) is 0.837. The lowest BCUT2D eigenvalue weighted by Gasteiger charge is -2.21. The third kappa shape index (κ3) is 3.18. The Morgan fingerprint density at radius 1 is 1.45 bits per heavy atom. The van der Waals surface area contributed by atoms with E-state index in [0.29, 0.717) is 24.6 Å². The SMILES string of the molecule is CC(C)n1cc([C@]2(O)CCN(S(=O)(=O)CCC3CC3)C2)nn1. The van der Waals surface area contributed by atoms with Crippen molar-refractivity contribution in [2.45, 2.75) is 51.2 Å². The van der Waals surface area contributed by atoms with E-state index in [2.05, 4.69) is 10.3 Å². The van der Waals surface area contributed by atoms with Crippen molar-refractivity contribution in [2.75, 3.05) is 18.8 Å². The molecule has 1 N–H and O–H groups in total. The van der Waals surface area contributed by atoms with E-state index in [1.807, 2.05) is 13.8 Å². The zero-order valence-electron chi connectivity index (χ0n) is 13.1. The Morgan fingerprint density at radius 3 is 2.77 bits per heavy atom. The van der Waals surface area contributed by atoms with Crippen molar-refractivity contribution >= 4 is 10.0 Å². The summed E-state index contributed by atoms with van der Waals surface area (Å²) in [5.74, 6) is 0.772. The predicted molar refractivity (Wildman–Crippen MR) is 81.6 cm³/mol. The molecule has 1 saturated heterocycles. The van der Waals surface area contributed by atoms with Crippen molar-refractivity contribution in [1.82, 2.24) is 19.3 Å². The molecule has 0 amide bonds. The minimum absolute atomic E-state index is 0.0801. The summed E-state index contributed by atoms with van der Waals surface area (Å²) in [5.41, 5.74) is -0.763. The summed E-state index contributed by atoms with van der Waals surface area (Å²) < 4.78 is 27.8. The van der Waals surface area contributed by atoms with Crippen LogP contribution in [0.5, 0.6) is 0 Å². The number of aliphatic hydroxyl groups is 1. The second kappa shape index (κ2) is 5.58. The lowest BCUT2D eigenvalue weighted by atomic mass is 10.00. The van der Waals surface area contributed by atoms with Gasteiger partial charge in [0.25, 0.3) is 0 Å². The van der Waals surface area contributed by atoms with Crippen LogP contribution in [0, 0.1) is 5.92 Å². The maximum Gasteiger partial charge on any atom is 0.214 e. The topological polar surface area (TPSA) is 88.3 Å². The number of sulfonamides is 1. The first-order valence-electron chi connectivity index (χ1n) is 7.93. The smallest absolute Gasteiger partial charge is 0.214 e. The average molecular weight is 328 g/mol. The molecular formula is C14H24N4O3S. The van der Waals surface area contributed by atoms with Gasteiger partial charge in [0.05, 0.1) is 11.9 Å². The van der Waals surface area contributed by atoms with Crippen LogP contribution >= 0.6 is 0 Å². The highest BCUT2D eigenvalue weighted by atomic mass is 32.2. The molecule has 124 valence electrons. The number of hydrogen-bond donors (Lipinski definition) is 1. The molecule has 0 radical (unpaired) electrons. The van der Waals surface area contributed by atoms with Crippen molar-refractivity contribution in [3.05, 3.63) is 11.9 Å². The van der Waals surface area contributed by atoms with Crippen molar-refractivity contribution < 1.29 is 13.5 Å². The molecule has 1 atom stereocenters. The summed E-state index contributed by atoms with van der Waals surface area (Å²) in [6.07, 6.45) is 5.12. The first kappa shape index (κ1) is 15.9. The first-order chi connectivity index (χ1) is 10.3. The predicted octanol–water partition coefficient (Wildman–Crippen LogP) is 0.882. The van der Waals surface area contributed by atoms with Crippen LogP contribution in [0.2, 0.25) is 0 Å². The van der Waals surface area contributed by atoms with Crippen molar-refractivity contribution in [3.8, 4) is 0 Å². The third-order valence-corrected chi connectivity index (χ3v) is 6.45. The number of aromatic nitrogens is 3. The van der Waals surface area contributed by atoms with E-state index in [4.69, 9.17) is 0 Å². The van der Waals surface area contributed by atoms with E-state index in [9.17, 15) is 13.5 Å². The zero-order valence-corrected chi connectivity index (χ0v) is 14.0. The van der Waals surface area contributed by atoms with Gasteiger partial charge in [0, 0.05) is 19.1 Å². The fourth-order valence-electron chi connectivity index (χ4n) is 2.80. The molecule has 22 heavy (non-hydrogen) atoms. The largest absolute Gasteiger partial charge is 0.382 e. The van der Waals surface area contributed by atoms with Crippen LogP contribution < -0.4 is 0 Å². The zero-order chi connectivity index (χ0) is 16.0. The minimum atomic E-state index is -3.29. The van der Waals surface area contributed by atoms with Gasteiger partial charge in [-0.3, -0.25) is 0 Å². The Morgan fingerprint density at radius 2 is 2.18 bits per heavy atom. The molecule has 8 heteroatoms. The summed E-state index contributed by atoms with van der Waals surface area (Å²) in [5, 5.41) is 18.8. The van der Waals surface area contributed by atoms with Gasteiger partial charge in [0.1, 0.15) is 11.3 Å². The Hall–Kier alpha value is -0.990. The second-order valence-electron chi connectivity index (χ2n) is 6.84. The molecule has 1 aromatic rings. The van der Waals surface area contributed by atoms with Crippen LogP contribution in [0.4, 0.5) is 0 Å². The average Bonchev–Trinajstić information content (AvgIpc) is 2.97. The standard InChI is InChI=1S/C14H24N4O3S/c1-11(2)18-9-13(15-16-18)14(19)6-7-17(10-14)22(20,21)8-5-12-3-4-12/h9,11-12,19H,3-8,10H2,1-2H3/t14-/m0/s1. The molecule has 0 spiro atoms. The van der Waals surface area contributed by atoms with Gasteiger partial charge in [0.2, 0.25) is 10.0 Å². The monoisotopic (exact) mass is 328 g/mol. The van der Waals surface area contributed by atoms with E-state index in [-0.39, 0.29) is 18.3 Å². The van der Waals surface area contributed by atoms with E-state index in [1.54, 1.807) is 10.9 Å². The fourth-order valence-corrected chi connectivity index (χ4v) is 4.47. The Kier molecular flexibility index (Phi) is 4.03. The molecule has 1 saturated carbocycles. The van der Waals surface area contributed by atoms with Gasteiger partial charge < -0.3 is 5.11 Å². The van der Waals surface area contributed by atoms with Gasteiger partial charge in [-0.05, 0) is 32.6 Å². The molecule has 0 bridgehead atoms. The summed E-state index contributed by atoms with van der Waals surface area (Å²) in [6.45, 7) is 4.38. The highest BCUT2D eigenvalue weighted by Crippen LogP contribution is 2.35. The van der Waals surface area contributed by atoms with Crippen molar-refractivity contribution in [3.63, 3.8) is 0 Å². The lowest BCUT2D eigenvalue weighted by Crippen LogP contribution is -2.36. The molecule has 3 rings (SSSR count). The van der Waals surface area contributed by atoms with E-state index < -0.39 is 15.6 Å². The van der Waals surface area contributed by atoms with Gasteiger partial charge in [-0.2, -0.15) is 4.31 Å². The summed E-state index contributed by atoms with van der Waals surface area (Å²) in [6, 6.07) is 0.157. The van der Waals surface area contributed by atoms with Gasteiger partial charge in [-0.25, -0.2) is 13.1 Å². The fraction of sp³-hybridized carbons (Fsp3) is 0.857. The molecule has 1 aliphatic heterocycles. The minimum Gasteiger partial charge on any atom is -0.382 e. The molecule has 2 fully saturated rings. The Labute approximate surface area is 131 Å². The molecule has 1 aliphatic carbocycles. The highest BCUT2D eigenvalue weighted by molar-refractivity contribution is 7.89. The van der Waals surface area contributed by atoms with Crippen LogP contribution in [0.25, 0.3) is 0 Å². The van der Waals surface area contributed by atoms with Crippen LogP contribution in [-0.2, 0) is 15.6 Å². The highest BCUT2D eigenvalue weighted by Gasteiger charge is 2.44. The first-order valence-corrected chi connectivity index (χ1v) is 9.54. The van der Waals surface area contributed by atoms with Crippen molar-refractivity contribution in [1.29, 1.82) is 0 Å². The Balaban J connectivity index is 1.69. The summed E-state index contributed by atoms with van der Waals surface area (Å²) in [4.78, 5) is 0. The van der Waals surface area contributed by atoms with E-state index in [1.165, 1.54) is 4.31 Å². The molecule has 2 heterocycles. The van der Waals surface area contributed by atoms with Gasteiger partial charge in [0.15, 0.2) is 0 Å². The van der Waals surface area contributed by atoms with E-state index in [0.717, 1.165) is 19.3 Å². The third-order valence-electron chi connectivity index (χ3n) is 4.60. The molecule has 0 aromatic carbocycles. The normalized spacial score (nSPS) is 26.9. The molecule has 1 aromatic heterocycles. The maximum atomic E-state index is 12.4. The van der Waals surface area contributed by atoms with Crippen LogP contribution in [-0.4, -0.2) is 51.7 Å². The molecular weight excluding hydrogens is 304 g/mol. The molecule has 0 unspecified atom stereocenters. The number of nitrogens with zero attached hydrogens (tertiary/aromatic N) is 4. The maximum absolute atomic E-state index is 12.4. The number of β-amino-alcohol motifs (C(OH)–C–C–N with tert-alkyl or cyclic N) is 1. The second-order valence-corrected chi connectivity index (χ2v) is 8.93. The lowest BCUT2D eigenvalue weighted by molar-refractivity contribution is 0.0484. The molecule has 7 nitrogen and oxygen atoms in total.